The van der Waals surface area contributed by atoms with Gasteiger partial charge in [-0.2, -0.15) is 0 Å². The summed E-state index contributed by atoms with van der Waals surface area (Å²) < 4.78 is 28.0. The van der Waals surface area contributed by atoms with Crippen LogP contribution < -0.4 is 14.2 Å². The number of carbonyl (C=O) groups is 1. The molecule has 0 aliphatic carbocycles. The molecule has 0 bridgehead atoms. The molecule has 2 heterocycles. The first-order chi connectivity index (χ1) is 17.5. The predicted octanol–water partition coefficient (Wildman–Crippen LogP) is -0.401. The molecule has 7 unspecified atom stereocenters. The van der Waals surface area contributed by atoms with E-state index < -0.39 is 67.0 Å². The van der Waals surface area contributed by atoms with E-state index in [-0.39, 0.29) is 29.4 Å². The molecule has 7 N–H and O–H groups in total. The standard InChI is InChI=1S/C24H28O13/c1-9(26)34-16-6-11-15(33-2)7-14(29)23(37-24-20(32)19(31)18(30)17(8-25)35-24)22(11)36-21(16)10-3-4-12(27)13(28)5-10/h3-5,7,16-21,24-25,27-32H,6,8H2,1-2H3. The van der Waals surface area contributed by atoms with Gasteiger partial charge in [0.2, 0.25) is 12.0 Å². The molecule has 4 rings (SSSR count). The minimum Gasteiger partial charge on any atom is -0.504 e. The summed E-state index contributed by atoms with van der Waals surface area (Å²) in [6.07, 6.45) is -9.97. The first kappa shape index (κ1) is 26.6. The Bertz CT molecular complexity index is 1150. The summed E-state index contributed by atoms with van der Waals surface area (Å²) >= 11 is 0. The van der Waals surface area contributed by atoms with E-state index >= 15 is 0 Å². The first-order valence-electron chi connectivity index (χ1n) is 11.3. The van der Waals surface area contributed by atoms with Crippen LogP contribution in [0.3, 0.4) is 0 Å². The van der Waals surface area contributed by atoms with Crippen molar-refractivity contribution in [2.24, 2.45) is 0 Å². The molecule has 13 nitrogen and oxygen atoms in total. The summed E-state index contributed by atoms with van der Waals surface area (Å²) in [5, 5.41) is 70.5. The van der Waals surface area contributed by atoms with Gasteiger partial charge in [-0.25, -0.2) is 0 Å². The highest BCUT2D eigenvalue weighted by molar-refractivity contribution is 5.67. The molecule has 13 heteroatoms. The van der Waals surface area contributed by atoms with Gasteiger partial charge in [-0.1, -0.05) is 6.07 Å². The largest absolute Gasteiger partial charge is 0.504 e. The smallest absolute Gasteiger partial charge is 0.303 e. The summed E-state index contributed by atoms with van der Waals surface area (Å²) in [5.41, 5.74) is 0.638. The van der Waals surface area contributed by atoms with Gasteiger partial charge in [0.1, 0.15) is 36.3 Å². The lowest BCUT2D eigenvalue weighted by Gasteiger charge is -2.40. The number of fused-ring (bicyclic) bond motifs is 1. The Morgan fingerprint density at radius 3 is 2.38 bits per heavy atom. The second kappa shape index (κ2) is 10.5. The van der Waals surface area contributed by atoms with Crippen LogP contribution in [0.2, 0.25) is 0 Å². The topological polar surface area (TPSA) is 205 Å². The average Bonchev–Trinajstić information content (AvgIpc) is 2.86. The molecule has 202 valence electrons. The van der Waals surface area contributed by atoms with E-state index in [0.29, 0.717) is 11.1 Å². The zero-order valence-corrected chi connectivity index (χ0v) is 19.8. The Balaban J connectivity index is 1.78. The van der Waals surface area contributed by atoms with E-state index in [1.54, 1.807) is 0 Å². The fourth-order valence-corrected chi connectivity index (χ4v) is 4.36. The minimum absolute atomic E-state index is 0.00964. The van der Waals surface area contributed by atoms with Gasteiger partial charge in [0.25, 0.3) is 0 Å². The molecule has 0 aromatic heterocycles. The number of carbonyl (C=O) groups excluding carboxylic acids is 1. The fraction of sp³-hybridized carbons (Fsp3) is 0.458. The number of ether oxygens (including phenoxy) is 5. The minimum atomic E-state index is -1.77. The molecule has 0 spiro atoms. The zero-order valence-electron chi connectivity index (χ0n) is 19.8. The van der Waals surface area contributed by atoms with Crippen molar-refractivity contribution in [2.45, 2.75) is 56.3 Å². The molecule has 2 aliphatic rings. The van der Waals surface area contributed by atoms with Crippen molar-refractivity contribution in [3.8, 4) is 34.5 Å². The number of phenolic OH excluding ortho intramolecular Hbond substituents is 3. The second-order valence-electron chi connectivity index (χ2n) is 8.69. The molecular formula is C24H28O13. The number of hydrogen-bond donors (Lipinski definition) is 7. The number of phenols is 3. The fourth-order valence-electron chi connectivity index (χ4n) is 4.36. The normalized spacial score (nSPS) is 29.1. The maximum Gasteiger partial charge on any atom is 0.303 e. The Kier molecular flexibility index (Phi) is 7.52. The third-order valence-corrected chi connectivity index (χ3v) is 6.21. The van der Waals surface area contributed by atoms with Crippen molar-refractivity contribution in [3.05, 3.63) is 35.4 Å². The highest BCUT2D eigenvalue weighted by Gasteiger charge is 2.46. The van der Waals surface area contributed by atoms with Crippen LogP contribution in [0.15, 0.2) is 24.3 Å². The average molecular weight is 524 g/mol. The molecule has 7 atom stereocenters. The van der Waals surface area contributed by atoms with E-state index in [0.717, 1.165) is 0 Å². The number of aliphatic hydroxyl groups excluding tert-OH is 4. The number of aliphatic hydroxyl groups is 4. The van der Waals surface area contributed by atoms with E-state index in [2.05, 4.69) is 0 Å². The Hall–Kier alpha value is -3.49. The summed E-state index contributed by atoms with van der Waals surface area (Å²) in [7, 11) is 1.35. The predicted molar refractivity (Wildman–Crippen MR) is 121 cm³/mol. The van der Waals surface area contributed by atoms with Crippen LogP contribution in [-0.2, 0) is 20.7 Å². The monoisotopic (exact) mass is 524 g/mol. The molecule has 2 aliphatic heterocycles. The third kappa shape index (κ3) is 5.04. The molecule has 37 heavy (non-hydrogen) atoms. The number of esters is 1. The number of aromatic hydroxyl groups is 3. The third-order valence-electron chi connectivity index (χ3n) is 6.21. The van der Waals surface area contributed by atoms with Gasteiger partial charge in [-0.05, 0) is 12.1 Å². The van der Waals surface area contributed by atoms with Crippen LogP contribution in [0.1, 0.15) is 24.2 Å². The maximum absolute atomic E-state index is 11.8. The number of rotatable bonds is 6. The van der Waals surface area contributed by atoms with Crippen LogP contribution >= 0.6 is 0 Å². The molecule has 0 amide bonds. The van der Waals surface area contributed by atoms with Gasteiger partial charge < -0.3 is 59.4 Å². The van der Waals surface area contributed by atoms with Crippen LogP contribution in [0.4, 0.5) is 0 Å². The summed E-state index contributed by atoms with van der Waals surface area (Å²) in [6, 6.07) is 5.10. The van der Waals surface area contributed by atoms with Crippen LogP contribution in [0.25, 0.3) is 0 Å². The Labute approximate surface area is 210 Å². The Morgan fingerprint density at radius 1 is 1.03 bits per heavy atom. The summed E-state index contributed by atoms with van der Waals surface area (Å²) in [4.78, 5) is 11.8. The highest BCUT2D eigenvalue weighted by atomic mass is 16.7. The van der Waals surface area contributed by atoms with Crippen molar-refractivity contribution >= 4 is 5.97 Å². The van der Waals surface area contributed by atoms with Gasteiger partial charge in [-0.15, -0.1) is 0 Å². The molecule has 1 fully saturated rings. The maximum atomic E-state index is 11.8. The van der Waals surface area contributed by atoms with Crippen LogP contribution in [0, 0.1) is 0 Å². The molecule has 2 aromatic carbocycles. The lowest BCUT2D eigenvalue weighted by Crippen LogP contribution is -2.60. The lowest BCUT2D eigenvalue weighted by atomic mass is 9.93. The van der Waals surface area contributed by atoms with Crippen LogP contribution in [-0.4, -0.2) is 92.2 Å². The van der Waals surface area contributed by atoms with Gasteiger partial charge in [0, 0.05) is 30.5 Å². The lowest BCUT2D eigenvalue weighted by molar-refractivity contribution is -0.278. The molecule has 0 saturated carbocycles. The molecule has 2 aromatic rings. The van der Waals surface area contributed by atoms with Gasteiger partial charge in [-0.3, -0.25) is 4.79 Å². The van der Waals surface area contributed by atoms with Gasteiger partial charge in [0.15, 0.2) is 29.1 Å². The molecular weight excluding hydrogens is 496 g/mol. The first-order valence-corrected chi connectivity index (χ1v) is 11.3. The van der Waals surface area contributed by atoms with Gasteiger partial charge >= 0.3 is 5.97 Å². The summed E-state index contributed by atoms with van der Waals surface area (Å²) in [5.74, 6) is -2.16. The molecule has 1 saturated heterocycles. The van der Waals surface area contributed by atoms with Crippen molar-refractivity contribution < 1.29 is 64.2 Å². The van der Waals surface area contributed by atoms with Crippen LogP contribution in [0.5, 0.6) is 34.5 Å². The van der Waals surface area contributed by atoms with E-state index in [4.69, 9.17) is 23.7 Å². The van der Waals surface area contributed by atoms with Gasteiger partial charge in [0.05, 0.1) is 13.7 Å². The van der Waals surface area contributed by atoms with Crippen molar-refractivity contribution in [3.63, 3.8) is 0 Å². The second-order valence-corrected chi connectivity index (χ2v) is 8.69. The SMILES string of the molecule is COc1cc(O)c(OC2OC(CO)C(O)C(O)C2O)c2c1CC(OC(C)=O)C(c1ccc(O)c(O)c1)O2. The van der Waals surface area contributed by atoms with E-state index in [1.807, 2.05) is 0 Å². The zero-order chi connectivity index (χ0) is 27.0. The number of hydrogen-bond acceptors (Lipinski definition) is 13. The number of methoxy groups -OCH3 is 1. The van der Waals surface area contributed by atoms with Crippen molar-refractivity contribution in [1.82, 2.24) is 0 Å². The highest BCUT2D eigenvalue weighted by Crippen LogP contribution is 2.51. The number of benzene rings is 2. The van der Waals surface area contributed by atoms with Crippen molar-refractivity contribution in [1.29, 1.82) is 0 Å². The summed E-state index contributed by atoms with van der Waals surface area (Å²) in [6.45, 7) is 0.521. The Morgan fingerprint density at radius 2 is 1.76 bits per heavy atom. The molecule has 0 radical (unpaired) electrons. The van der Waals surface area contributed by atoms with Crippen molar-refractivity contribution in [2.75, 3.05) is 13.7 Å². The quantitative estimate of drug-likeness (QED) is 0.190. The van der Waals surface area contributed by atoms with E-state index in [1.165, 1.54) is 38.3 Å². The van der Waals surface area contributed by atoms with E-state index in [9.17, 15) is 40.5 Å².